The van der Waals surface area contributed by atoms with Gasteiger partial charge in [0.05, 0.1) is 38.3 Å². The molecular formula is C24H22F3N3O5S. The Kier molecular flexibility index (Phi) is 6.81. The number of pyridine rings is 1. The monoisotopic (exact) mass is 521 g/mol. The van der Waals surface area contributed by atoms with Gasteiger partial charge in [-0.1, -0.05) is 6.07 Å². The minimum atomic E-state index is -3.78. The van der Waals surface area contributed by atoms with Crippen LogP contribution in [0.2, 0.25) is 0 Å². The molecule has 0 atom stereocenters. The first-order chi connectivity index (χ1) is 17.0. The fourth-order valence-corrected chi connectivity index (χ4v) is 4.79. The van der Waals surface area contributed by atoms with Crippen molar-refractivity contribution in [2.45, 2.75) is 17.9 Å². The topological polar surface area (TPSA) is 89.0 Å². The van der Waals surface area contributed by atoms with E-state index in [4.69, 9.17) is 9.47 Å². The lowest BCUT2D eigenvalue weighted by Gasteiger charge is -2.29. The van der Waals surface area contributed by atoms with Crippen LogP contribution in [0.15, 0.2) is 47.5 Å². The van der Waals surface area contributed by atoms with Gasteiger partial charge in [-0.2, -0.15) is 0 Å². The third-order valence-corrected chi connectivity index (χ3v) is 6.90. The molecule has 2 heterocycles. The molecule has 2 aromatic carbocycles. The van der Waals surface area contributed by atoms with Gasteiger partial charge in [-0.15, -0.1) is 0 Å². The predicted molar refractivity (Wildman–Crippen MR) is 126 cm³/mol. The van der Waals surface area contributed by atoms with Gasteiger partial charge in [0.2, 0.25) is 5.88 Å². The fourth-order valence-electron chi connectivity index (χ4n) is 4.00. The Morgan fingerprint density at radius 2 is 1.72 bits per heavy atom. The Morgan fingerprint density at radius 1 is 1.03 bits per heavy atom. The van der Waals surface area contributed by atoms with Crippen LogP contribution in [0.4, 0.5) is 29.3 Å². The number of aromatic nitrogens is 1. The number of hydrogen-bond donors (Lipinski definition) is 0. The maximum absolute atomic E-state index is 14.8. The summed E-state index contributed by atoms with van der Waals surface area (Å²) in [5.41, 5.74) is -0.0181. The Bertz CT molecular complexity index is 1430. The summed E-state index contributed by atoms with van der Waals surface area (Å²) in [6.07, 6.45) is 2.26. The second kappa shape index (κ2) is 9.69. The van der Waals surface area contributed by atoms with Crippen LogP contribution in [-0.4, -0.2) is 46.5 Å². The van der Waals surface area contributed by atoms with Crippen LogP contribution in [0.1, 0.15) is 11.1 Å². The van der Waals surface area contributed by atoms with E-state index >= 15 is 0 Å². The van der Waals surface area contributed by atoms with Gasteiger partial charge in [0, 0.05) is 36.1 Å². The van der Waals surface area contributed by atoms with Crippen LogP contribution in [-0.2, 0) is 22.8 Å². The van der Waals surface area contributed by atoms with E-state index in [9.17, 15) is 26.4 Å². The molecule has 0 saturated heterocycles. The van der Waals surface area contributed by atoms with E-state index in [0.717, 1.165) is 23.3 Å². The Labute approximate surface area is 205 Å². The molecule has 1 aromatic heterocycles. The highest BCUT2D eigenvalue weighted by Gasteiger charge is 2.33. The molecule has 1 aliphatic heterocycles. The molecule has 0 fully saturated rings. The summed E-state index contributed by atoms with van der Waals surface area (Å²) in [5, 5.41) is 0. The summed E-state index contributed by atoms with van der Waals surface area (Å²) in [5.74, 6) is -2.68. The Hall–Kier alpha value is -3.80. The molecule has 0 bridgehead atoms. The van der Waals surface area contributed by atoms with E-state index in [1.807, 2.05) is 0 Å². The highest BCUT2D eigenvalue weighted by atomic mass is 32.2. The number of rotatable bonds is 6. The minimum absolute atomic E-state index is 0.0402. The third-order valence-electron chi connectivity index (χ3n) is 5.81. The number of hydrogen-bond acceptors (Lipinski definition) is 6. The highest BCUT2D eigenvalue weighted by molar-refractivity contribution is 7.90. The van der Waals surface area contributed by atoms with Crippen LogP contribution in [0.3, 0.4) is 0 Å². The van der Waals surface area contributed by atoms with Crippen molar-refractivity contribution < 1.29 is 35.9 Å². The summed E-state index contributed by atoms with van der Waals surface area (Å²) in [4.78, 5) is 19.7. The highest BCUT2D eigenvalue weighted by Crippen LogP contribution is 2.34. The number of carbonyl (C=O) groups excluding carboxylic acids is 1. The maximum Gasteiger partial charge on any atom is 0.329 e. The van der Waals surface area contributed by atoms with E-state index in [1.165, 1.54) is 49.6 Å². The van der Waals surface area contributed by atoms with E-state index in [1.54, 1.807) is 0 Å². The summed E-state index contributed by atoms with van der Waals surface area (Å²) in [7, 11) is -1.27. The lowest BCUT2D eigenvalue weighted by atomic mass is 10.1. The first-order valence-electron chi connectivity index (χ1n) is 10.7. The number of carbonyl (C=O) groups is 1. The number of sulfone groups is 1. The average Bonchev–Trinajstić information content (AvgIpc) is 2.97. The van der Waals surface area contributed by atoms with Crippen LogP contribution in [0.25, 0.3) is 0 Å². The molecule has 0 aliphatic carbocycles. The van der Waals surface area contributed by atoms with Crippen LogP contribution < -0.4 is 19.3 Å². The number of urea groups is 1. The maximum atomic E-state index is 14.8. The molecule has 0 N–H and O–H groups in total. The zero-order chi connectivity index (χ0) is 26.2. The number of ether oxygens (including phenoxy) is 2. The van der Waals surface area contributed by atoms with E-state index < -0.39 is 45.4 Å². The van der Waals surface area contributed by atoms with Crippen molar-refractivity contribution in [1.82, 2.24) is 4.98 Å². The largest absolute Gasteiger partial charge is 0.497 e. The summed E-state index contributed by atoms with van der Waals surface area (Å²) in [6.45, 7) is -0.607. The van der Waals surface area contributed by atoms with Gasteiger partial charge < -0.3 is 9.47 Å². The minimum Gasteiger partial charge on any atom is -0.497 e. The number of anilines is 2. The molecule has 3 aromatic rings. The molecule has 0 radical (unpaired) electrons. The molecule has 2 amide bonds. The van der Waals surface area contributed by atoms with Crippen molar-refractivity contribution in [1.29, 1.82) is 0 Å². The summed E-state index contributed by atoms with van der Waals surface area (Å²) >= 11 is 0. The molecule has 0 spiro atoms. The van der Waals surface area contributed by atoms with Crippen LogP contribution in [0.5, 0.6) is 11.6 Å². The lowest BCUT2D eigenvalue weighted by Crippen LogP contribution is -2.43. The molecule has 1 aliphatic rings. The smallest absolute Gasteiger partial charge is 0.329 e. The van der Waals surface area contributed by atoms with Gasteiger partial charge in [-0.25, -0.2) is 31.4 Å². The third kappa shape index (κ3) is 4.68. The molecule has 190 valence electrons. The second-order valence-corrected chi connectivity index (χ2v) is 10.0. The van der Waals surface area contributed by atoms with Gasteiger partial charge in [-0.3, -0.25) is 9.80 Å². The van der Waals surface area contributed by atoms with Crippen molar-refractivity contribution in [2.24, 2.45) is 0 Å². The van der Waals surface area contributed by atoms with E-state index in [2.05, 4.69) is 4.98 Å². The standard InChI is InChI=1S/C24H22F3N3O5S/c1-34-15-10-19(26)17(20(27)11-15)13-30-21-6-4-5-18(25)16(21)7-8-29(24(30)31)14-9-22(36(3,32)33)23(35-2)28-12-14/h4-6,9-12H,7-8,13H2,1-3H3. The van der Waals surface area contributed by atoms with Gasteiger partial charge in [0.15, 0.2) is 9.84 Å². The molecular weight excluding hydrogens is 499 g/mol. The van der Waals surface area contributed by atoms with E-state index in [0.29, 0.717) is 0 Å². The van der Waals surface area contributed by atoms with Crippen molar-refractivity contribution in [3.8, 4) is 11.6 Å². The second-order valence-electron chi connectivity index (χ2n) is 8.05. The van der Waals surface area contributed by atoms with Gasteiger partial charge in [0.1, 0.15) is 28.1 Å². The average molecular weight is 522 g/mol. The van der Waals surface area contributed by atoms with Gasteiger partial charge in [-0.05, 0) is 24.6 Å². The van der Waals surface area contributed by atoms with Gasteiger partial charge in [0.25, 0.3) is 0 Å². The summed E-state index contributed by atoms with van der Waals surface area (Å²) in [6, 6.07) is 6.53. The zero-order valence-electron chi connectivity index (χ0n) is 19.6. The molecule has 0 saturated carbocycles. The Morgan fingerprint density at radius 3 is 2.33 bits per heavy atom. The summed E-state index contributed by atoms with van der Waals surface area (Å²) < 4.78 is 78.8. The first-order valence-corrected chi connectivity index (χ1v) is 12.6. The number of methoxy groups -OCH3 is 2. The number of halogens is 3. The fraction of sp³-hybridized carbons (Fsp3) is 0.250. The van der Waals surface area contributed by atoms with Crippen molar-refractivity contribution >= 4 is 27.2 Å². The number of nitrogens with zero attached hydrogens (tertiary/aromatic N) is 3. The molecule has 0 unspecified atom stereocenters. The molecule has 12 heteroatoms. The SMILES string of the molecule is COc1cc(F)c(CN2C(=O)N(c3cnc(OC)c(S(C)(=O)=O)c3)CCc3c(F)cccc32)c(F)c1. The first kappa shape index (κ1) is 25.3. The zero-order valence-corrected chi connectivity index (χ0v) is 20.4. The molecule has 36 heavy (non-hydrogen) atoms. The Balaban J connectivity index is 1.84. The number of benzene rings is 2. The molecule has 4 rings (SSSR count). The molecule has 8 nitrogen and oxygen atoms in total. The lowest BCUT2D eigenvalue weighted by molar-refractivity contribution is 0.251. The number of fused-ring (bicyclic) bond motifs is 1. The predicted octanol–water partition coefficient (Wildman–Crippen LogP) is 4.11. The van der Waals surface area contributed by atoms with Crippen LogP contribution >= 0.6 is 0 Å². The quantitative estimate of drug-likeness (QED) is 0.485. The van der Waals surface area contributed by atoms with Gasteiger partial charge >= 0.3 is 6.03 Å². The van der Waals surface area contributed by atoms with Crippen molar-refractivity contribution in [3.63, 3.8) is 0 Å². The normalized spacial score (nSPS) is 13.9. The van der Waals surface area contributed by atoms with Crippen molar-refractivity contribution in [3.05, 3.63) is 71.2 Å². The van der Waals surface area contributed by atoms with Crippen molar-refractivity contribution in [2.75, 3.05) is 36.8 Å². The van der Waals surface area contributed by atoms with Crippen LogP contribution in [0, 0.1) is 17.5 Å². The van der Waals surface area contributed by atoms with E-state index in [-0.39, 0.29) is 46.4 Å². The number of amides is 2.